The van der Waals surface area contributed by atoms with Gasteiger partial charge in [0.05, 0.1) is 35.0 Å². The average Bonchev–Trinajstić information content (AvgIpc) is 2.82. The number of phenolic OH excluding ortho intramolecular Hbond substituents is 3. The molecule has 0 aromatic heterocycles. The van der Waals surface area contributed by atoms with Crippen molar-refractivity contribution in [2.75, 3.05) is 0 Å². The summed E-state index contributed by atoms with van der Waals surface area (Å²) in [4.78, 5) is 26.6. The minimum absolute atomic E-state index is 0.0439. The van der Waals surface area contributed by atoms with E-state index in [0.717, 1.165) is 5.57 Å². The van der Waals surface area contributed by atoms with Gasteiger partial charge in [0, 0.05) is 29.2 Å². The molecule has 2 aromatic carbocycles. The molecule has 1 saturated heterocycles. The Morgan fingerprint density at radius 3 is 2.49 bits per heavy atom. The maximum Gasteiger partial charge on any atom is 0.202 e. The first kappa shape index (κ1) is 23.5. The average molecular weight is 482 g/mol. The SMILES string of the molecule is CCC1=Cc2c(O)c3c(c(O)c2C(OC2CC(N)C(O)C(C)O2)C1)C(=O)c1c(O)cccc1C3=O. The summed E-state index contributed by atoms with van der Waals surface area (Å²) in [6.45, 7) is 3.61. The number of ketones is 2. The van der Waals surface area contributed by atoms with E-state index in [9.17, 15) is 30.0 Å². The highest BCUT2D eigenvalue weighted by molar-refractivity contribution is 6.31. The number of carbonyl (C=O) groups excluding carboxylic acids is 2. The number of benzene rings is 2. The molecule has 6 N–H and O–H groups in total. The van der Waals surface area contributed by atoms with E-state index in [1.54, 1.807) is 13.0 Å². The molecule has 184 valence electrons. The van der Waals surface area contributed by atoms with Crippen LogP contribution in [0.4, 0.5) is 0 Å². The minimum atomic E-state index is -0.847. The Labute approximate surface area is 201 Å². The molecule has 35 heavy (non-hydrogen) atoms. The number of nitrogens with two attached hydrogens (primary N) is 1. The van der Waals surface area contributed by atoms with Crippen LogP contribution in [0.15, 0.2) is 23.8 Å². The van der Waals surface area contributed by atoms with Crippen LogP contribution in [0.5, 0.6) is 17.2 Å². The second-order valence-electron chi connectivity index (χ2n) is 9.28. The summed E-state index contributed by atoms with van der Waals surface area (Å²) in [5, 5.41) is 42.9. The molecule has 0 radical (unpaired) electrons. The van der Waals surface area contributed by atoms with E-state index < -0.39 is 53.7 Å². The lowest BCUT2D eigenvalue weighted by molar-refractivity contribution is -0.240. The van der Waals surface area contributed by atoms with Gasteiger partial charge in [0.25, 0.3) is 0 Å². The highest BCUT2D eigenvalue weighted by Crippen LogP contribution is 2.51. The zero-order valence-electron chi connectivity index (χ0n) is 19.3. The number of rotatable bonds is 3. The van der Waals surface area contributed by atoms with Crippen molar-refractivity contribution in [2.24, 2.45) is 5.73 Å². The van der Waals surface area contributed by atoms with Crippen LogP contribution < -0.4 is 5.73 Å². The van der Waals surface area contributed by atoms with Gasteiger partial charge in [0.15, 0.2) is 12.1 Å². The highest BCUT2D eigenvalue weighted by atomic mass is 16.7. The van der Waals surface area contributed by atoms with Gasteiger partial charge < -0.3 is 35.6 Å². The molecule has 1 fully saturated rings. The molecule has 0 amide bonds. The number of fused-ring (bicyclic) bond motifs is 3. The van der Waals surface area contributed by atoms with Crippen molar-refractivity contribution in [1.29, 1.82) is 0 Å². The van der Waals surface area contributed by atoms with E-state index in [1.807, 2.05) is 6.92 Å². The fourth-order valence-electron chi connectivity index (χ4n) is 5.22. The van der Waals surface area contributed by atoms with Crippen LogP contribution in [0.1, 0.15) is 82.2 Å². The van der Waals surface area contributed by atoms with Gasteiger partial charge in [0.1, 0.15) is 17.2 Å². The Hall–Kier alpha value is -3.24. The lowest BCUT2D eigenvalue weighted by Crippen LogP contribution is -2.51. The predicted octanol–water partition coefficient (Wildman–Crippen LogP) is 2.66. The fourth-order valence-corrected chi connectivity index (χ4v) is 5.22. The lowest BCUT2D eigenvalue weighted by atomic mass is 9.77. The van der Waals surface area contributed by atoms with Gasteiger partial charge in [-0.3, -0.25) is 9.59 Å². The van der Waals surface area contributed by atoms with Crippen LogP contribution in [0.25, 0.3) is 6.08 Å². The molecule has 9 heteroatoms. The molecule has 9 nitrogen and oxygen atoms in total. The smallest absolute Gasteiger partial charge is 0.202 e. The summed E-state index contributed by atoms with van der Waals surface area (Å²) < 4.78 is 12.0. The van der Waals surface area contributed by atoms with Crippen LogP contribution in [-0.4, -0.2) is 56.5 Å². The highest BCUT2D eigenvalue weighted by Gasteiger charge is 2.42. The summed E-state index contributed by atoms with van der Waals surface area (Å²) in [7, 11) is 0. The molecule has 1 aliphatic heterocycles. The number of aromatic hydroxyl groups is 3. The fraction of sp³-hybridized carbons (Fsp3) is 0.385. The Bertz CT molecular complexity index is 1270. The molecular formula is C26H27NO8. The van der Waals surface area contributed by atoms with E-state index in [1.165, 1.54) is 18.2 Å². The molecule has 5 atom stereocenters. The van der Waals surface area contributed by atoms with Gasteiger partial charge in [-0.25, -0.2) is 0 Å². The third-order valence-corrected chi connectivity index (χ3v) is 7.13. The van der Waals surface area contributed by atoms with Crippen molar-refractivity contribution < 1.29 is 39.5 Å². The Morgan fingerprint density at radius 1 is 1.09 bits per heavy atom. The van der Waals surface area contributed by atoms with E-state index >= 15 is 0 Å². The first-order chi connectivity index (χ1) is 16.6. The number of hydrogen-bond acceptors (Lipinski definition) is 9. The second kappa shape index (κ2) is 8.46. The van der Waals surface area contributed by atoms with E-state index in [0.29, 0.717) is 12.8 Å². The summed E-state index contributed by atoms with van der Waals surface area (Å²) in [6.07, 6.45) is -0.144. The van der Waals surface area contributed by atoms with Crippen LogP contribution >= 0.6 is 0 Å². The first-order valence-electron chi connectivity index (χ1n) is 11.6. The minimum Gasteiger partial charge on any atom is -0.507 e. The standard InChI is InChI=1S/C26H27NO8/c1-3-11-7-13-19(16(8-11)35-17-9-14(27)22(29)10(2)34-17)26(33)21-20(24(13)31)23(30)12-5-4-6-15(28)18(12)25(21)32/h4-7,10,14,16-17,22,28-29,31,33H,3,8-9,27H2,1-2H3. The topological polar surface area (TPSA) is 160 Å². The summed E-state index contributed by atoms with van der Waals surface area (Å²) >= 11 is 0. The van der Waals surface area contributed by atoms with E-state index in [2.05, 4.69) is 0 Å². The van der Waals surface area contributed by atoms with E-state index in [-0.39, 0.29) is 45.6 Å². The zero-order valence-corrected chi connectivity index (χ0v) is 19.3. The van der Waals surface area contributed by atoms with Gasteiger partial charge in [0.2, 0.25) is 5.78 Å². The van der Waals surface area contributed by atoms with Gasteiger partial charge in [-0.15, -0.1) is 0 Å². The van der Waals surface area contributed by atoms with Crippen LogP contribution in [0.2, 0.25) is 0 Å². The molecule has 5 unspecified atom stereocenters. The molecule has 1 heterocycles. The number of hydrogen-bond donors (Lipinski definition) is 5. The molecular weight excluding hydrogens is 454 g/mol. The number of carbonyl (C=O) groups is 2. The summed E-state index contributed by atoms with van der Waals surface area (Å²) in [5.41, 5.74) is 6.36. The number of aliphatic hydroxyl groups is 1. The molecule has 0 bridgehead atoms. The van der Waals surface area contributed by atoms with Crippen molar-refractivity contribution in [3.8, 4) is 17.2 Å². The van der Waals surface area contributed by atoms with Crippen molar-refractivity contribution in [2.45, 2.75) is 63.8 Å². The monoisotopic (exact) mass is 481 g/mol. The normalized spacial score (nSPS) is 27.7. The third kappa shape index (κ3) is 3.54. The first-order valence-corrected chi connectivity index (χ1v) is 11.6. The Morgan fingerprint density at radius 2 is 1.80 bits per heavy atom. The molecule has 0 spiro atoms. The number of aliphatic hydroxyl groups excluding tert-OH is 1. The molecule has 2 aliphatic carbocycles. The maximum absolute atomic E-state index is 13.4. The Balaban J connectivity index is 1.65. The van der Waals surface area contributed by atoms with Crippen molar-refractivity contribution >= 4 is 17.6 Å². The molecule has 2 aromatic rings. The lowest BCUT2D eigenvalue weighted by Gasteiger charge is -2.39. The van der Waals surface area contributed by atoms with Crippen molar-refractivity contribution in [3.05, 3.63) is 57.2 Å². The van der Waals surface area contributed by atoms with Gasteiger partial charge in [-0.1, -0.05) is 30.7 Å². The zero-order chi connectivity index (χ0) is 25.2. The van der Waals surface area contributed by atoms with Gasteiger partial charge >= 0.3 is 0 Å². The quantitative estimate of drug-likeness (QED) is 0.354. The molecule has 5 rings (SSSR count). The van der Waals surface area contributed by atoms with Crippen molar-refractivity contribution in [1.82, 2.24) is 0 Å². The summed E-state index contributed by atoms with van der Waals surface area (Å²) in [6, 6.07) is 3.54. The summed E-state index contributed by atoms with van der Waals surface area (Å²) in [5.74, 6) is -2.73. The second-order valence-corrected chi connectivity index (χ2v) is 9.28. The van der Waals surface area contributed by atoms with Crippen LogP contribution in [0, 0.1) is 0 Å². The largest absolute Gasteiger partial charge is 0.507 e. The Kier molecular flexibility index (Phi) is 5.68. The molecule has 0 saturated carbocycles. The van der Waals surface area contributed by atoms with E-state index in [4.69, 9.17) is 15.2 Å². The third-order valence-electron chi connectivity index (χ3n) is 7.13. The maximum atomic E-state index is 13.4. The molecule has 3 aliphatic rings. The number of ether oxygens (including phenoxy) is 2. The van der Waals surface area contributed by atoms with Crippen molar-refractivity contribution in [3.63, 3.8) is 0 Å². The van der Waals surface area contributed by atoms with Crippen LogP contribution in [-0.2, 0) is 9.47 Å². The van der Waals surface area contributed by atoms with Gasteiger partial charge in [-0.2, -0.15) is 0 Å². The predicted molar refractivity (Wildman–Crippen MR) is 124 cm³/mol. The van der Waals surface area contributed by atoms with Crippen LogP contribution in [0.3, 0.4) is 0 Å². The number of phenols is 3. The van der Waals surface area contributed by atoms with Gasteiger partial charge in [-0.05, 0) is 25.8 Å².